The van der Waals surface area contributed by atoms with E-state index in [0.29, 0.717) is 0 Å². The molecule has 1 fully saturated rings. The van der Waals surface area contributed by atoms with Crippen LogP contribution in [0.2, 0.25) is 0 Å². The molecule has 1 aliphatic carbocycles. The molecule has 0 heterocycles. The number of carbonyl (C=O) groups is 1. The van der Waals surface area contributed by atoms with Crippen molar-refractivity contribution < 1.29 is 9.18 Å². The predicted octanol–water partition coefficient (Wildman–Crippen LogP) is 4.15. The smallest absolute Gasteiger partial charge is 0.194 e. The van der Waals surface area contributed by atoms with E-state index in [4.69, 9.17) is 0 Å². The van der Waals surface area contributed by atoms with Crippen LogP contribution in [0.25, 0.3) is 6.08 Å². The van der Waals surface area contributed by atoms with Crippen molar-refractivity contribution >= 4 is 11.9 Å². The second kappa shape index (κ2) is 5.76. The number of carbonyl (C=O) groups excluding carboxylic acids is 1. The average molecular weight is 232 g/mol. The summed E-state index contributed by atoms with van der Waals surface area (Å²) in [5, 5.41) is 0. The zero-order valence-corrected chi connectivity index (χ0v) is 9.86. The van der Waals surface area contributed by atoms with Crippen molar-refractivity contribution in [2.45, 2.75) is 32.1 Å². The Morgan fingerprint density at radius 1 is 1.12 bits per heavy atom. The van der Waals surface area contributed by atoms with Crippen molar-refractivity contribution in [3.8, 4) is 0 Å². The van der Waals surface area contributed by atoms with Crippen LogP contribution in [0.15, 0.2) is 36.2 Å². The fourth-order valence-electron chi connectivity index (χ4n) is 2.33. The molecule has 2 rings (SSSR count). The standard InChI is InChI=1S/C15H17FO/c16-14(11-12-7-3-1-4-8-12)15(17)13-9-5-2-6-10-13/h1,3-4,7-8,11,13H,2,5-6,9-10H2/b14-11-. The van der Waals surface area contributed by atoms with Gasteiger partial charge in [0.1, 0.15) is 0 Å². The number of ketones is 1. The molecule has 0 aromatic heterocycles. The summed E-state index contributed by atoms with van der Waals surface area (Å²) >= 11 is 0. The van der Waals surface area contributed by atoms with Crippen molar-refractivity contribution in [3.63, 3.8) is 0 Å². The molecule has 0 N–H and O–H groups in total. The van der Waals surface area contributed by atoms with Gasteiger partial charge in [0, 0.05) is 5.92 Å². The number of hydrogen-bond acceptors (Lipinski definition) is 1. The van der Waals surface area contributed by atoms with Crippen LogP contribution in [-0.2, 0) is 4.79 Å². The highest BCUT2D eigenvalue weighted by Gasteiger charge is 2.24. The first-order valence-corrected chi connectivity index (χ1v) is 6.24. The Kier molecular flexibility index (Phi) is 4.08. The molecule has 90 valence electrons. The van der Waals surface area contributed by atoms with Crippen molar-refractivity contribution in [1.29, 1.82) is 0 Å². The molecular weight excluding hydrogens is 215 g/mol. The maximum Gasteiger partial charge on any atom is 0.194 e. The fraction of sp³-hybridized carbons (Fsp3) is 0.400. The van der Waals surface area contributed by atoms with Crippen LogP contribution in [0.5, 0.6) is 0 Å². The van der Waals surface area contributed by atoms with Gasteiger partial charge in [0.05, 0.1) is 0 Å². The van der Waals surface area contributed by atoms with E-state index < -0.39 is 5.83 Å². The molecule has 0 unspecified atom stereocenters. The van der Waals surface area contributed by atoms with Gasteiger partial charge < -0.3 is 0 Å². The third-order valence-corrected chi connectivity index (χ3v) is 3.30. The number of allylic oxidation sites excluding steroid dienone is 1. The number of rotatable bonds is 3. The fourth-order valence-corrected chi connectivity index (χ4v) is 2.33. The van der Waals surface area contributed by atoms with Crippen molar-refractivity contribution in [1.82, 2.24) is 0 Å². The van der Waals surface area contributed by atoms with E-state index in [0.717, 1.165) is 31.2 Å². The Labute approximate surface area is 101 Å². The van der Waals surface area contributed by atoms with Gasteiger partial charge in [0.25, 0.3) is 0 Å². The molecule has 0 amide bonds. The lowest BCUT2D eigenvalue weighted by molar-refractivity contribution is -0.121. The molecule has 1 aromatic rings. The SMILES string of the molecule is O=C(/C(F)=C/c1ccccc1)C1CCCCC1. The first-order valence-electron chi connectivity index (χ1n) is 6.24. The Morgan fingerprint density at radius 3 is 2.41 bits per heavy atom. The highest BCUT2D eigenvalue weighted by molar-refractivity contribution is 5.98. The number of Topliss-reactive ketones (excluding diaryl/α,β-unsaturated/α-hetero) is 1. The second-order valence-corrected chi connectivity index (χ2v) is 4.60. The monoisotopic (exact) mass is 232 g/mol. The van der Waals surface area contributed by atoms with Gasteiger partial charge in [-0.15, -0.1) is 0 Å². The van der Waals surface area contributed by atoms with Gasteiger partial charge >= 0.3 is 0 Å². The van der Waals surface area contributed by atoms with Gasteiger partial charge in [-0.3, -0.25) is 4.79 Å². The third-order valence-electron chi connectivity index (χ3n) is 3.30. The van der Waals surface area contributed by atoms with Crippen molar-refractivity contribution in [2.75, 3.05) is 0 Å². The Morgan fingerprint density at radius 2 is 1.76 bits per heavy atom. The van der Waals surface area contributed by atoms with Crippen molar-refractivity contribution in [3.05, 3.63) is 41.7 Å². The van der Waals surface area contributed by atoms with Gasteiger partial charge in [0.2, 0.25) is 0 Å². The normalized spacial score (nSPS) is 18.1. The number of benzene rings is 1. The highest BCUT2D eigenvalue weighted by Crippen LogP contribution is 2.27. The molecule has 0 saturated heterocycles. The molecule has 1 nitrogen and oxygen atoms in total. The van der Waals surface area contributed by atoms with E-state index in [1.165, 1.54) is 12.5 Å². The zero-order valence-electron chi connectivity index (χ0n) is 9.86. The van der Waals surface area contributed by atoms with Crippen LogP contribution in [0.1, 0.15) is 37.7 Å². The van der Waals surface area contributed by atoms with E-state index in [9.17, 15) is 9.18 Å². The minimum absolute atomic E-state index is 0.0938. The van der Waals surface area contributed by atoms with E-state index in [1.807, 2.05) is 18.2 Å². The molecule has 0 aliphatic heterocycles. The van der Waals surface area contributed by atoms with E-state index in [-0.39, 0.29) is 11.7 Å². The predicted molar refractivity (Wildman–Crippen MR) is 67.1 cm³/mol. The summed E-state index contributed by atoms with van der Waals surface area (Å²) in [6, 6.07) is 9.15. The van der Waals surface area contributed by atoms with Crippen LogP contribution in [0.3, 0.4) is 0 Å². The number of hydrogen-bond donors (Lipinski definition) is 0. The van der Waals surface area contributed by atoms with Crippen LogP contribution in [0.4, 0.5) is 4.39 Å². The average Bonchev–Trinajstić information content (AvgIpc) is 2.40. The summed E-state index contributed by atoms with van der Waals surface area (Å²) < 4.78 is 13.8. The minimum atomic E-state index is -0.594. The number of halogens is 1. The zero-order chi connectivity index (χ0) is 12.1. The Hall–Kier alpha value is -1.44. The second-order valence-electron chi connectivity index (χ2n) is 4.60. The highest BCUT2D eigenvalue weighted by atomic mass is 19.1. The molecule has 1 saturated carbocycles. The first kappa shape index (κ1) is 12.0. The molecule has 1 aliphatic rings. The van der Waals surface area contributed by atoms with Gasteiger partial charge in [-0.2, -0.15) is 0 Å². The molecule has 2 heteroatoms. The molecule has 0 bridgehead atoms. The summed E-state index contributed by atoms with van der Waals surface area (Å²) in [7, 11) is 0. The van der Waals surface area contributed by atoms with Crippen molar-refractivity contribution in [2.24, 2.45) is 5.92 Å². The lowest BCUT2D eigenvalue weighted by Gasteiger charge is -2.19. The summed E-state index contributed by atoms with van der Waals surface area (Å²) in [4.78, 5) is 11.9. The lowest BCUT2D eigenvalue weighted by Crippen LogP contribution is -2.17. The maximum atomic E-state index is 13.8. The Balaban J connectivity index is 2.06. The summed E-state index contributed by atoms with van der Waals surface area (Å²) in [6.45, 7) is 0. The topological polar surface area (TPSA) is 17.1 Å². The molecule has 1 aromatic carbocycles. The van der Waals surface area contributed by atoms with Gasteiger partial charge in [-0.1, -0.05) is 49.6 Å². The minimum Gasteiger partial charge on any atom is -0.291 e. The Bertz CT molecular complexity index is 402. The first-order chi connectivity index (χ1) is 8.27. The van der Waals surface area contributed by atoms with E-state index in [1.54, 1.807) is 12.1 Å². The molecule has 0 spiro atoms. The maximum absolute atomic E-state index is 13.8. The van der Waals surface area contributed by atoms with Gasteiger partial charge in [-0.25, -0.2) is 4.39 Å². The van der Waals surface area contributed by atoms with Crippen LogP contribution in [0, 0.1) is 5.92 Å². The molecule has 0 radical (unpaired) electrons. The van der Waals surface area contributed by atoms with Crippen LogP contribution < -0.4 is 0 Å². The summed E-state index contributed by atoms with van der Waals surface area (Å²) in [6.07, 6.45) is 6.30. The van der Waals surface area contributed by atoms with Crippen LogP contribution in [-0.4, -0.2) is 5.78 Å². The molecule has 17 heavy (non-hydrogen) atoms. The summed E-state index contributed by atoms with van der Waals surface area (Å²) in [5.74, 6) is -1.000. The van der Waals surface area contributed by atoms with E-state index in [2.05, 4.69) is 0 Å². The molecule has 0 atom stereocenters. The van der Waals surface area contributed by atoms with Crippen LogP contribution >= 0.6 is 0 Å². The lowest BCUT2D eigenvalue weighted by atomic mass is 9.85. The van der Waals surface area contributed by atoms with E-state index >= 15 is 0 Å². The van der Waals surface area contributed by atoms with Gasteiger partial charge in [-0.05, 0) is 24.5 Å². The molecular formula is C15H17FO. The summed E-state index contributed by atoms with van der Waals surface area (Å²) in [5.41, 5.74) is 0.745. The van der Waals surface area contributed by atoms with Gasteiger partial charge in [0.15, 0.2) is 11.6 Å². The largest absolute Gasteiger partial charge is 0.291 e. The third kappa shape index (κ3) is 3.26. The quantitative estimate of drug-likeness (QED) is 0.715.